The Morgan fingerprint density at radius 1 is 1.33 bits per heavy atom. The van der Waals surface area contributed by atoms with Gasteiger partial charge in [-0.15, -0.1) is 0 Å². The number of aliphatic hydroxyl groups is 1. The summed E-state index contributed by atoms with van der Waals surface area (Å²) in [4.78, 5) is 4.44. The van der Waals surface area contributed by atoms with E-state index in [-0.39, 0.29) is 12.0 Å². The van der Waals surface area contributed by atoms with Gasteiger partial charge >= 0.3 is 0 Å². The minimum absolute atomic E-state index is 0.108. The lowest BCUT2D eigenvalue weighted by atomic mass is 9.83. The molecule has 0 bridgehead atoms. The van der Waals surface area contributed by atoms with E-state index in [9.17, 15) is 5.11 Å². The van der Waals surface area contributed by atoms with E-state index < -0.39 is 0 Å². The van der Waals surface area contributed by atoms with Gasteiger partial charge in [0.15, 0.2) is 0 Å². The largest absolute Gasteiger partial charge is 0.396 e. The zero-order chi connectivity index (χ0) is 15.5. The molecule has 114 valence electrons. The first-order valence-corrected chi connectivity index (χ1v) is 7.83. The van der Waals surface area contributed by atoms with Crippen LogP contribution in [0, 0.1) is 12.3 Å². The van der Waals surface area contributed by atoms with Crippen LogP contribution in [0.15, 0.2) is 24.4 Å². The van der Waals surface area contributed by atoms with Crippen molar-refractivity contribution in [2.75, 3.05) is 18.5 Å². The van der Waals surface area contributed by atoms with Crippen molar-refractivity contribution in [2.24, 2.45) is 5.41 Å². The number of aliphatic hydroxyl groups excluding tert-OH is 1. The summed E-state index contributed by atoms with van der Waals surface area (Å²) in [5, 5.41) is 14.9. The number of anilines is 1. The molecule has 0 saturated heterocycles. The van der Waals surface area contributed by atoms with Crippen LogP contribution in [0.25, 0.3) is 10.9 Å². The van der Waals surface area contributed by atoms with Gasteiger partial charge in [-0.05, 0) is 43.5 Å². The lowest BCUT2D eigenvalue weighted by molar-refractivity contribution is 0.127. The summed E-state index contributed by atoms with van der Waals surface area (Å²) in [5.41, 5.74) is 2.83. The molecule has 0 aliphatic heterocycles. The van der Waals surface area contributed by atoms with Gasteiger partial charge in [-0.3, -0.25) is 4.98 Å². The molecule has 4 heteroatoms. The Morgan fingerprint density at radius 3 is 2.67 bits per heavy atom. The molecule has 0 radical (unpaired) electrons. The molecule has 0 saturated carbocycles. The van der Waals surface area contributed by atoms with Gasteiger partial charge in [-0.1, -0.05) is 25.4 Å². The first kappa shape index (κ1) is 16.1. The minimum atomic E-state index is -0.108. The summed E-state index contributed by atoms with van der Waals surface area (Å²) in [5.74, 6) is 0. The molecule has 0 fully saturated rings. The van der Waals surface area contributed by atoms with Crippen LogP contribution in [0.2, 0.25) is 5.02 Å². The number of benzene rings is 1. The second-order valence-electron chi connectivity index (χ2n) is 5.67. The summed E-state index contributed by atoms with van der Waals surface area (Å²) in [6.45, 7) is 7.10. The standard InChI is InChI=1S/C17H23ClN2O/c1-4-17(5-2,11-21)10-20-16-13-7-6-8-19-15(13)12(3)9-14(16)18/h6-9,20-21H,4-5,10-11H2,1-3H3. The third kappa shape index (κ3) is 3.14. The van der Waals surface area contributed by atoms with Gasteiger partial charge in [-0.2, -0.15) is 0 Å². The summed E-state index contributed by atoms with van der Waals surface area (Å²) in [6, 6.07) is 5.89. The molecule has 1 aromatic heterocycles. The Kier molecular flexibility index (Phi) is 5.07. The number of hydrogen-bond acceptors (Lipinski definition) is 3. The highest BCUT2D eigenvalue weighted by Gasteiger charge is 2.25. The average Bonchev–Trinajstić information content (AvgIpc) is 2.51. The summed E-state index contributed by atoms with van der Waals surface area (Å²) >= 11 is 6.41. The summed E-state index contributed by atoms with van der Waals surface area (Å²) in [6.07, 6.45) is 3.64. The molecule has 0 atom stereocenters. The average molecular weight is 307 g/mol. The molecule has 0 amide bonds. The van der Waals surface area contributed by atoms with Gasteiger partial charge in [0.1, 0.15) is 0 Å². The van der Waals surface area contributed by atoms with Gasteiger partial charge in [0.2, 0.25) is 0 Å². The molecule has 1 heterocycles. The second kappa shape index (κ2) is 6.63. The second-order valence-corrected chi connectivity index (χ2v) is 6.08. The van der Waals surface area contributed by atoms with Crippen LogP contribution < -0.4 is 5.32 Å². The SMILES string of the molecule is CCC(CC)(CO)CNc1c(Cl)cc(C)c2ncccc12. The molecule has 2 N–H and O–H groups in total. The number of hydrogen-bond donors (Lipinski definition) is 2. The number of aromatic nitrogens is 1. The van der Waals surface area contributed by atoms with Crippen LogP contribution in [0.4, 0.5) is 5.69 Å². The normalized spacial score (nSPS) is 11.9. The molecule has 21 heavy (non-hydrogen) atoms. The number of fused-ring (bicyclic) bond motifs is 1. The fourth-order valence-electron chi connectivity index (χ4n) is 2.62. The van der Waals surface area contributed by atoms with E-state index in [0.717, 1.165) is 35.0 Å². The lowest BCUT2D eigenvalue weighted by Gasteiger charge is -2.30. The van der Waals surface area contributed by atoms with Crippen LogP contribution in [0.1, 0.15) is 32.3 Å². The first-order chi connectivity index (χ1) is 10.1. The summed E-state index contributed by atoms with van der Waals surface area (Å²) in [7, 11) is 0. The molecule has 0 spiro atoms. The third-order valence-corrected chi connectivity index (χ3v) is 4.81. The fourth-order valence-corrected chi connectivity index (χ4v) is 2.95. The fraction of sp³-hybridized carbons (Fsp3) is 0.471. The zero-order valence-electron chi connectivity index (χ0n) is 12.9. The van der Waals surface area contributed by atoms with Crippen molar-refractivity contribution in [1.82, 2.24) is 4.98 Å². The van der Waals surface area contributed by atoms with Crippen molar-refractivity contribution in [2.45, 2.75) is 33.6 Å². The number of halogens is 1. The molecule has 2 aromatic rings. The van der Waals surface area contributed by atoms with Gasteiger partial charge in [0.05, 0.1) is 22.8 Å². The Hall–Kier alpha value is -1.32. The van der Waals surface area contributed by atoms with Crippen LogP contribution >= 0.6 is 11.6 Å². The highest BCUT2D eigenvalue weighted by molar-refractivity contribution is 6.35. The van der Waals surface area contributed by atoms with Crippen LogP contribution in [0.3, 0.4) is 0 Å². The number of pyridine rings is 1. The van der Waals surface area contributed by atoms with Crippen molar-refractivity contribution >= 4 is 28.2 Å². The molecule has 3 nitrogen and oxygen atoms in total. The van der Waals surface area contributed by atoms with Gasteiger partial charge in [0.25, 0.3) is 0 Å². The van der Waals surface area contributed by atoms with E-state index in [1.54, 1.807) is 6.20 Å². The smallest absolute Gasteiger partial charge is 0.0752 e. The predicted octanol–water partition coefficient (Wildman–Crippen LogP) is 4.41. The number of nitrogens with zero attached hydrogens (tertiary/aromatic N) is 1. The van der Waals surface area contributed by atoms with Crippen molar-refractivity contribution in [3.05, 3.63) is 35.0 Å². The van der Waals surface area contributed by atoms with Gasteiger partial charge in [-0.25, -0.2) is 0 Å². The number of rotatable bonds is 6. The van der Waals surface area contributed by atoms with Gasteiger partial charge < -0.3 is 10.4 Å². The Labute approximate surface area is 131 Å². The van der Waals surface area contributed by atoms with Crippen LogP contribution in [0.5, 0.6) is 0 Å². The van der Waals surface area contributed by atoms with E-state index in [4.69, 9.17) is 11.6 Å². The topological polar surface area (TPSA) is 45.1 Å². The van der Waals surface area contributed by atoms with Crippen LogP contribution in [-0.4, -0.2) is 23.2 Å². The van der Waals surface area contributed by atoms with Crippen molar-refractivity contribution < 1.29 is 5.11 Å². The van der Waals surface area contributed by atoms with E-state index >= 15 is 0 Å². The molecule has 2 rings (SSSR count). The number of aryl methyl sites for hydroxylation is 1. The zero-order valence-corrected chi connectivity index (χ0v) is 13.7. The van der Waals surface area contributed by atoms with E-state index in [1.165, 1.54) is 0 Å². The predicted molar refractivity (Wildman–Crippen MR) is 90.1 cm³/mol. The maximum Gasteiger partial charge on any atom is 0.0752 e. The Bertz CT molecular complexity index is 615. The monoisotopic (exact) mass is 306 g/mol. The molecule has 0 unspecified atom stereocenters. The van der Waals surface area contributed by atoms with Gasteiger partial charge in [0, 0.05) is 23.5 Å². The lowest BCUT2D eigenvalue weighted by Crippen LogP contribution is -2.32. The Balaban J connectivity index is 2.39. The summed E-state index contributed by atoms with van der Waals surface area (Å²) < 4.78 is 0. The van der Waals surface area contributed by atoms with Crippen molar-refractivity contribution in [1.29, 1.82) is 0 Å². The highest BCUT2D eigenvalue weighted by Crippen LogP contribution is 2.34. The van der Waals surface area contributed by atoms with Crippen molar-refractivity contribution in [3.63, 3.8) is 0 Å². The Morgan fingerprint density at radius 2 is 2.05 bits per heavy atom. The quantitative estimate of drug-likeness (QED) is 0.831. The van der Waals surface area contributed by atoms with E-state index in [1.807, 2.05) is 25.1 Å². The molecule has 0 aliphatic rings. The number of nitrogens with one attached hydrogen (secondary N) is 1. The third-order valence-electron chi connectivity index (χ3n) is 4.51. The minimum Gasteiger partial charge on any atom is -0.396 e. The van der Waals surface area contributed by atoms with Crippen molar-refractivity contribution in [3.8, 4) is 0 Å². The molecular formula is C17H23ClN2O. The maximum atomic E-state index is 9.70. The molecule has 1 aromatic carbocycles. The van der Waals surface area contributed by atoms with E-state index in [0.29, 0.717) is 11.6 Å². The van der Waals surface area contributed by atoms with E-state index in [2.05, 4.69) is 24.1 Å². The molecular weight excluding hydrogens is 284 g/mol. The maximum absolute atomic E-state index is 9.70. The highest BCUT2D eigenvalue weighted by atomic mass is 35.5. The molecule has 0 aliphatic carbocycles. The van der Waals surface area contributed by atoms with Crippen LogP contribution in [-0.2, 0) is 0 Å². The first-order valence-electron chi connectivity index (χ1n) is 7.45.